The summed E-state index contributed by atoms with van der Waals surface area (Å²) in [6.45, 7) is 9.72. The van der Waals surface area contributed by atoms with Gasteiger partial charge in [0.05, 0.1) is 6.04 Å². The number of carbonyl (C=O) groups excluding carboxylic acids is 1. The second-order valence-corrected chi connectivity index (χ2v) is 5.94. The number of carbonyl (C=O) groups is 1. The molecule has 0 radical (unpaired) electrons. The average Bonchev–Trinajstić information content (AvgIpc) is 2.48. The second-order valence-electron chi connectivity index (χ2n) is 5.94. The zero-order chi connectivity index (χ0) is 13.5. The summed E-state index contributed by atoms with van der Waals surface area (Å²) in [5, 5.41) is 3.24. The quantitative estimate of drug-likeness (QED) is 0.753. The third-order valence-electron chi connectivity index (χ3n) is 3.72. The maximum Gasteiger partial charge on any atom is 0.234 e. The summed E-state index contributed by atoms with van der Waals surface area (Å²) in [6, 6.07) is 0.109. The van der Waals surface area contributed by atoms with Gasteiger partial charge in [-0.15, -0.1) is 0 Å². The molecule has 1 aliphatic rings. The van der Waals surface area contributed by atoms with Gasteiger partial charge in [0.2, 0.25) is 5.91 Å². The maximum atomic E-state index is 11.4. The van der Waals surface area contributed by atoms with Crippen LogP contribution in [0.15, 0.2) is 0 Å². The highest BCUT2D eigenvalue weighted by Crippen LogP contribution is 2.16. The SMILES string of the molecule is CC1CCCN(CCC(NC(C)C)C(N)=O)CC1. The molecule has 0 bridgehead atoms. The predicted molar refractivity (Wildman–Crippen MR) is 75.3 cm³/mol. The number of primary amides is 1. The number of hydrogen-bond acceptors (Lipinski definition) is 3. The third kappa shape index (κ3) is 5.83. The fourth-order valence-corrected chi connectivity index (χ4v) is 2.57. The first-order valence-electron chi connectivity index (χ1n) is 7.26. The van der Waals surface area contributed by atoms with Gasteiger partial charge in [0.25, 0.3) is 0 Å². The van der Waals surface area contributed by atoms with Crippen LogP contribution in [-0.2, 0) is 4.79 Å². The van der Waals surface area contributed by atoms with Gasteiger partial charge in [0.15, 0.2) is 0 Å². The van der Waals surface area contributed by atoms with Crippen LogP contribution in [0, 0.1) is 5.92 Å². The fraction of sp³-hybridized carbons (Fsp3) is 0.929. The van der Waals surface area contributed by atoms with E-state index in [1.165, 1.54) is 19.3 Å². The molecule has 4 nitrogen and oxygen atoms in total. The first-order valence-corrected chi connectivity index (χ1v) is 7.26. The van der Waals surface area contributed by atoms with E-state index in [-0.39, 0.29) is 11.9 Å². The van der Waals surface area contributed by atoms with E-state index < -0.39 is 0 Å². The van der Waals surface area contributed by atoms with Gasteiger partial charge in [-0.1, -0.05) is 20.8 Å². The summed E-state index contributed by atoms with van der Waals surface area (Å²) in [4.78, 5) is 13.8. The first-order chi connectivity index (χ1) is 8.49. The van der Waals surface area contributed by atoms with Crippen LogP contribution in [0.4, 0.5) is 0 Å². The van der Waals surface area contributed by atoms with Gasteiger partial charge in [-0.05, 0) is 44.7 Å². The van der Waals surface area contributed by atoms with E-state index in [4.69, 9.17) is 5.73 Å². The molecule has 1 aliphatic heterocycles. The Hall–Kier alpha value is -0.610. The molecule has 18 heavy (non-hydrogen) atoms. The molecule has 1 heterocycles. The number of nitrogens with one attached hydrogen (secondary N) is 1. The van der Waals surface area contributed by atoms with E-state index in [1.54, 1.807) is 0 Å². The Morgan fingerprint density at radius 1 is 1.39 bits per heavy atom. The van der Waals surface area contributed by atoms with Crippen LogP contribution in [0.2, 0.25) is 0 Å². The van der Waals surface area contributed by atoms with Crippen molar-refractivity contribution in [1.29, 1.82) is 0 Å². The molecule has 0 aromatic carbocycles. The van der Waals surface area contributed by atoms with Crippen LogP contribution in [0.1, 0.15) is 46.5 Å². The lowest BCUT2D eigenvalue weighted by atomic mass is 10.0. The first kappa shape index (κ1) is 15.4. The summed E-state index contributed by atoms with van der Waals surface area (Å²) in [5.41, 5.74) is 5.43. The zero-order valence-electron chi connectivity index (χ0n) is 12.1. The van der Waals surface area contributed by atoms with Crippen molar-refractivity contribution in [2.24, 2.45) is 11.7 Å². The molecule has 2 atom stereocenters. The van der Waals surface area contributed by atoms with Crippen LogP contribution in [0.5, 0.6) is 0 Å². The molecule has 1 rings (SSSR count). The Balaban J connectivity index is 2.34. The number of amides is 1. The highest BCUT2D eigenvalue weighted by atomic mass is 16.1. The van der Waals surface area contributed by atoms with E-state index in [9.17, 15) is 4.79 Å². The van der Waals surface area contributed by atoms with E-state index in [0.717, 1.165) is 32.0 Å². The van der Waals surface area contributed by atoms with Gasteiger partial charge in [0.1, 0.15) is 0 Å². The minimum absolute atomic E-state index is 0.189. The van der Waals surface area contributed by atoms with Crippen molar-refractivity contribution in [1.82, 2.24) is 10.2 Å². The molecule has 0 aliphatic carbocycles. The lowest BCUT2D eigenvalue weighted by Gasteiger charge is -2.24. The normalized spacial score (nSPS) is 23.9. The Morgan fingerprint density at radius 3 is 2.72 bits per heavy atom. The van der Waals surface area contributed by atoms with E-state index in [2.05, 4.69) is 17.1 Å². The zero-order valence-corrected chi connectivity index (χ0v) is 12.1. The third-order valence-corrected chi connectivity index (χ3v) is 3.72. The van der Waals surface area contributed by atoms with E-state index >= 15 is 0 Å². The van der Waals surface area contributed by atoms with Crippen molar-refractivity contribution in [2.45, 2.75) is 58.5 Å². The number of rotatable bonds is 6. The molecule has 2 unspecified atom stereocenters. The van der Waals surface area contributed by atoms with Gasteiger partial charge in [-0.3, -0.25) is 4.79 Å². The monoisotopic (exact) mass is 255 g/mol. The molecule has 0 aromatic rings. The predicted octanol–water partition coefficient (Wildman–Crippen LogP) is 1.35. The van der Waals surface area contributed by atoms with Crippen LogP contribution in [-0.4, -0.2) is 42.5 Å². The van der Waals surface area contributed by atoms with Crippen LogP contribution in [0.3, 0.4) is 0 Å². The lowest BCUT2D eigenvalue weighted by molar-refractivity contribution is -0.120. The molecular weight excluding hydrogens is 226 g/mol. The highest BCUT2D eigenvalue weighted by molar-refractivity contribution is 5.79. The van der Waals surface area contributed by atoms with Crippen molar-refractivity contribution in [3.63, 3.8) is 0 Å². The Kier molecular flexibility index (Phi) is 6.65. The molecule has 4 heteroatoms. The summed E-state index contributed by atoms with van der Waals surface area (Å²) < 4.78 is 0. The highest BCUT2D eigenvalue weighted by Gasteiger charge is 2.19. The van der Waals surface area contributed by atoms with Crippen LogP contribution in [0.25, 0.3) is 0 Å². The standard InChI is InChI=1S/C14H29N3O/c1-11(2)16-13(14(15)18)7-10-17-8-4-5-12(3)6-9-17/h11-13,16H,4-10H2,1-3H3,(H2,15,18). The average molecular weight is 255 g/mol. The molecular formula is C14H29N3O. The Morgan fingerprint density at radius 2 is 2.11 bits per heavy atom. The van der Waals surface area contributed by atoms with Gasteiger partial charge in [0, 0.05) is 12.6 Å². The van der Waals surface area contributed by atoms with Gasteiger partial charge < -0.3 is 16.0 Å². The van der Waals surface area contributed by atoms with Crippen molar-refractivity contribution in [3.05, 3.63) is 0 Å². The van der Waals surface area contributed by atoms with E-state index in [0.29, 0.717) is 6.04 Å². The minimum atomic E-state index is -0.230. The smallest absolute Gasteiger partial charge is 0.234 e. The molecule has 1 amide bonds. The molecule has 1 fully saturated rings. The number of nitrogens with zero attached hydrogens (tertiary/aromatic N) is 1. The second kappa shape index (κ2) is 7.74. The van der Waals surface area contributed by atoms with Gasteiger partial charge in [-0.2, -0.15) is 0 Å². The van der Waals surface area contributed by atoms with Crippen LogP contribution < -0.4 is 11.1 Å². The number of likely N-dealkylation sites (tertiary alicyclic amines) is 1. The maximum absolute atomic E-state index is 11.4. The summed E-state index contributed by atoms with van der Waals surface area (Å²) in [7, 11) is 0. The fourth-order valence-electron chi connectivity index (χ4n) is 2.57. The minimum Gasteiger partial charge on any atom is -0.368 e. The molecule has 106 valence electrons. The summed E-state index contributed by atoms with van der Waals surface area (Å²) in [5.74, 6) is 0.614. The number of nitrogens with two attached hydrogens (primary N) is 1. The molecule has 3 N–H and O–H groups in total. The molecule has 1 saturated heterocycles. The lowest BCUT2D eigenvalue weighted by Crippen LogP contribution is -2.46. The van der Waals surface area contributed by atoms with Gasteiger partial charge in [-0.25, -0.2) is 0 Å². The summed E-state index contributed by atoms with van der Waals surface area (Å²) >= 11 is 0. The van der Waals surface area contributed by atoms with Gasteiger partial charge >= 0.3 is 0 Å². The van der Waals surface area contributed by atoms with Crippen LogP contribution >= 0.6 is 0 Å². The van der Waals surface area contributed by atoms with Crippen molar-refractivity contribution in [2.75, 3.05) is 19.6 Å². The molecule has 0 spiro atoms. The topological polar surface area (TPSA) is 58.4 Å². The van der Waals surface area contributed by atoms with E-state index in [1.807, 2.05) is 13.8 Å². The largest absolute Gasteiger partial charge is 0.368 e. The van der Waals surface area contributed by atoms with Crippen molar-refractivity contribution >= 4 is 5.91 Å². The molecule has 0 saturated carbocycles. The van der Waals surface area contributed by atoms with Crippen molar-refractivity contribution < 1.29 is 4.79 Å². The summed E-state index contributed by atoms with van der Waals surface area (Å²) in [6.07, 6.45) is 4.71. The molecule has 0 aromatic heterocycles. The Labute approximate surface area is 111 Å². The van der Waals surface area contributed by atoms with Crippen molar-refractivity contribution in [3.8, 4) is 0 Å². The number of hydrogen-bond donors (Lipinski definition) is 2. The Bertz CT molecular complexity index is 255.